The molecule has 196 valence electrons. The maximum absolute atomic E-state index is 13.3. The van der Waals surface area contributed by atoms with Gasteiger partial charge in [-0.15, -0.1) is 0 Å². The van der Waals surface area contributed by atoms with Gasteiger partial charge in [-0.1, -0.05) is 19.1 Å². The summed E-state index contributed by atoms with van der Waals surface area (Å²) in [5, 5.41) is 9.30. The molecule has 2 N–H and O–H groups in total. The fourth-order valence-electron chi connectivity index (χ4n) is 3.86. The molecule has 1 aliphatic heterocycles. The highest BCUT2D eigenvalue weighted by Gasteiger charge is 2.34. The van der Waals surface area contributed by atoms with E-state index in [1.807, 2.05) is 13.8 Å². The fraction of sp³-hybridized carbons (Fsp3) is 0.440. The Bertz CT molecular complexity index is 1140. The van der Waals surface area contributed by atoms with Crippen molar-refractivity contribution in [3.63, 3.8) is 0 Å². The lowest BCUT2D eigenvalue weighted by molar-refractivity contribution is -0.133. The van der Waals surface area contributed by atoms with Gasteiger partial charge in [-0.2, -0.15) is 4.31 Å². The van der Waals surface area contributed by atoms with Crippen molar-refractivity contribution in [3.8, 4) is 11.5 Å². The Hall–Kier alpha value is -3.15. The number of hydroxylamine groups is 1. The molecule has 1 fully saturated rings. The van der Waals surface area contributed by atoms with Crippen molar-refractivity contribution in [1.82, 2.24) is 14.7 Å². The van der Waals surface area contributed by atoms with E-state index in [0.29, 0.717) is 36.6 Å². The number of carbonyl (C=O) groups is 2. The van der Waals surface area contributed by atoms with Crippen molar-refractivity contribution >= 4 is 21.8 Å². The van der Waals surface area contributed by atoms with Gasteiger partial charge in [0.05, 0.1) is 17.5 Å². The number of benzene rings is 2. The minimum atomic E-state index is -4.09. The Morgan fingerprint density at radius 3 is 2.33 bits per heavy atom. The zero-order chi connectivity index (χ0) is 26.3. The van der Waals surface area contributed by atoms with E-state index < -0.39 is 22.0 Å². The summed E-state index contributed by atoms with van der Waals surface area (Å²) in [6.45, 7) is 5.43. The average molecular weight is 520 g/mol. The molecule has 0 aliphatic carbocycles. The quantitative estimate of drug-likeness (QED) is 0.326. The van der Waals surface area contributed by atoms with Crippen LogP contribution in [-0.4, -0.2) is 67.5 Å². The zero-order valence-electron chi connectivity index (χ0n) is 20.7. The number of nitrogens with one attached hydrogen (secondary N) is 1. The summed E-state index contributed by atoms with van der Waals surface area (Å²) < 4.78 is 38.9. The summed E-state index contributed by atoms with van der Waals surface area (Å²) in [7, 11) is -2.82. The standard InChI is InChI=1S/C25H33N3O7S/c1-4-18(2)35-21-11-13-22(14-12-21)36(32,33)27(3)24(25(30)26-31)19-7-9-20(10-8-19)34-17-16-28-15-5-6-23(28)29/h7-14,18,24,31H,4-6,15-17H2,1-3H3,(H,26,30). The monoisotopic (exact) mass is 519 g/mol. The van der Waals surface area contributed by atoms with Crippen LogP contribution >= 0.6 is 0 Å². The minimum Gasteiger partial charge on any atom is -0.492 e. The van der Waals surface area contributed by atoms with Crippen LogP contribution in [0.2, 0.25) is 0 Å². The van der Waals surface area contributed by atoms with Crippen molar-refractivity contribution in [3.05, 3.63) is 54.1 Å². The largest absolute Gasteiger partial charge is 0.492 e. The highest BCUT2D eigenvalue weighted by atomic mass is 32.2. The highest BCUT2D eigenvalue weighted by Crippen LogP contribution is 2.29. The van der Waals surface area contributed by atoms with Gasteiger partial charge in [-0.25, -0.2) is 13.9 Å². The molecule has 0 spiro atoms. The second-order valence-corrected chi connectivity index (χ2v) is 10.6. The molecule has 11 heteroatoms. The van der Waals surface area contributed by atoms with Gasteiger partial charge >= 0.3 is 0 Å². The molecule has 2 atom stereocenters. The van der Waals surface area contributed by atoms with Crippen LogP contribution in [-0.2, 0) is 19.6 Å². The van der Waals surface area contributed by atoms with Crippen molar-refractivity contribution in [1.29, 1.82) is 0 Å². The molecule has 0 aromatic heterocycles. The normalized spacial score (nSPS) is 15.6. The van der Waals surface area contributed by atoms with Gasteiger partial charge in [0.25, 0.3) is 5.91 Å². The summed E-state index contributed by atoms with van der Waals surface area (Å²) in [5.74, 6) is 0.268. The van der Waals surface area contributed by atoms with Crippen LogP contribution < -0.4 is 15.0 Å². The number of hydrogen-bond acceptors (Lipinski definition) is 7. The van der Waals surface area contributed by atoms with Gasteiger partial charge in [0.1, 0.15) is 24.1 Å². The summed E-state index contributed by atoms with van der Waals surface area (Å²) in [5.41, 5.74) is 1.89. The Kier molecular flexibility index (Phi) is 9.30. The molecule has 2 aromatic rings. The predicted molar refractivity (Wildman–Crippen MR) is 132 cm³/mol. The molecule has 0 radical (unpaired) electrons. The molecule has 1 saturated heterocycles. The minimum absolute atomic E-state index is 0.0116. The molecular formula is C25H33N3O7S. The Morgan fingerprint density at radius 1 is 1.14 bits per heavy atom. The summed E-state index contributed by atoms with van der Waals surface area (Å²) in [6, 6.07) is 11.0. The topological polar surface area (TPSA) is 125 Å². The van der Waals surface area contributed by atoms with Crippen molar-refractivity contribution < 1.29 is 32.7 Å². The average Bonchev–Trinajstić information content (AvgIpc) is 3.29. The third kappa shape index (κ3) is 6.54. The van der Waals surface area contributed by atoms with E-state index in [-0.39, 0.29) is 16.9 Å². The molecule has 1 heterocycles. The number of carbonyl (C=O) groups excluding carboxylic acids is 2. The summed E-state index contributed by atoms with van der Waals surface area (Å²) >= 11 is 0. The number of hydrogen-bond donors (Lipinski definition) is 2. The SMILES string of the molecule is CCC(C)Oc1ccc(S(=O)(=O)N(C)C(C(=O)NO)c2ccc(OCCN3CCCC3=O)cc2)cc1. The van der Waals surface area contributed by atoms with Crippen LogP contribution in [0.25, 0.3) is 0 Å². The van der Waals surface area contributed by atoms with Gasteiger partial charge in [-0.05, 0) is 61.7 Å². The predicted octanol–water partition coefficient (Wildman–Crippen LogP) is 2.73. The molecule has 36 heavy (non-hydrogen) atoms. The van der Waals surface area contributed by atoms with Gasteiger partial charge in [0.2, 0.25) is 15.9 Å². The molecule has 0 saturated carbocycles. The number of likely N-dealkylation sites (N-methyl/N-ethyl adjacent to an activating group) is 1. The smallest absolute Gasteiger partial charge is 0.266 e. The van der Waals surface area contributed by atoms with Gasteiger partial charge in [0.15, 0.2) is 0 Å². The van der Waals surface area contributed by atoms with Gasteiger partial charge < -0.3 is 14.4 Å². The molecule has 2 unspecified atom stereocenters. The number of rotatable bonds is 12. The van der Waals surface area contributed by atoms with Crippen LogP contribution in [0, 0.1) is 0 Å². The molecular weight excluding hydrogens is 486 g/mol. The van der Waals surface area contributed by atoms with Crippen LogP contribution in [0.3, 0.4) is 0 Å². The molecule has 0 bridgehead atoms. The van der Waals surface area contributed by atoms with E-state index in [0.717, 1.165) is 23.7 Å². The van der Waals surface area contributed by atoms with Crippen LogP contribution in [0.5, 0.6) is 11.5 Å². The lowest BCUT2D eigenvalue weighted by Crippen LogP contribution is -2.40. The number of nitrogens with zero attached hydrogens (tertiary/aromatic N) is 2. The first-order chi connectivity index (χ1) is 17.2. The second-order valence-electron chi connectivity index (χ2n) is 8.61. The van der Waals surface area contributed by atoms with E-state index in [1.54, 1.807) is 46.8 Å². The first kappa shape index (κ1) is 27.4. The maximum atomic E-state index is 13.3. The van der Waals surface area contributed by atoms with E-state index in [1.165, 1.54) is 19.2 Å². The van der Waals surface area contributed by atoms with Gasteiger partial charge in [0, 0.05) is 20.0 Å². The van der Waals surface area contributed by atoms with E-state index >= 15 is 0 Å². The van der Waals surface area contributed by atoms with Crippen molar-refractivity contribution in [2.45, 2.75) is 50.2 Å². The Balaban J connectivity index is 1.73. The number of amides is 2. The molecule has 10 nitrogen and oxygen atoms in total. The van der Waals surface area contributed by atoms with E-state index in [9.17, 15) is 23.2 Å². The third-order valence-corrected chi connectivity index (χ3v) is 7.97. The molecule has 3 rings (SSSR count). The van der Waals surface area contributed by atoms with Crippen molar-refractivity contribution in [2.24, 2.45) is 0 Å². The first-order valence-electron chi connectivity index (χ1n) is 11.9. The summed E-state index contributed by atoms with van der Waals surface area (Å²) in [6.07, 6.45) is 2.22. The number of ether oxygens (including phenoxy) is 2. The highest BCUT2D eigenvalue weighted by molar-refractivity contribution is 7.89. The lowest BCUT2D eigenvalue weighted by Gasteiger charge is -2.26. The van der Waals surface area contributed by atoms with Crippen LogP contribution in [0.1, 0.15) is 44.7 Å². The molecule has 2 aromatic carbocycles. The number of likely N-dealkylation sites (tertiary alicyclic amines) is 1. The zero-order valence-corrected chi connectivity index (χ0v) is 21.5. The first-order valence-corrected chi connectivity index (χ1v) is 13.3. The third-order valence-electron chi connectivity index (χ3n) is 6.13. The van der Waals surface area contributed by atoms with Crippen LogP contribution in [0.4, 0.5) is 0 Å². The van der Waals surface area contributed by atoms with E-state index in [2.05, 4.69) is 0 Å². The maximum Gasteiger partial charge on any atom is 0.266 e. The number of sulfonamides is 1. The Labute approximate surface area is 211 Å². The lowest BCUT2D eigenvalue weighted by atomic mass is 10.1. The van der Waals surface area contributed by atoms with Crippen molar-refractivity contribution in [2.75, 3.05) is 26.7 Å². The van der Waals surface area contributed by atoms with E-state index in [4.69, 9.17) is 9.47 Å². The Morgan fingerprint density at radius 2 is 1.78 bits per heavy atom. The molecule has 1 aliphatic rings. The fourth-order valence-corrected chi connectivity index (χ4v) is 5.17. The van der Waals surface area contributed by atoms with Gasteiger partial charge in [-0.3, -0.25) is 14.8 Å². The summed E-state index contributed by atoms with van der Waals surface area (Å²) in [4.78, 5) is 25.9. The second kappa shape index (κ2) is 12.2. The molecule has 2 amide bonds. The van der Waals surface area contributed by atoms with Crippen LogP contribution in [0.15, 0.2) is 53.4 Å².